The number of fused-ring (bicyclic) bond motifs is 1. The van der Waals surface area contributed by atoms with E-state index >= 15 is 0 Å². The van der Waals surface area contributed by atoms with Gasteiger partial charge in [-0.2, -0.15) is 4.98 Å². The lowest BCUT2D eigenvalue weighted by Gasteiger charge is -1.95. The largest absolute Gasteiger partial charge is 0.340 e. The van der Waals surface area contributed by atoms with Crippen LogP contribution in [0.1, 0.15) is 30.9 Å². The molecule has 1 N–H and O–H groups in total. The molecule has 0 bridgehead atoms. The third-order valence-corrected chi connectivity index (χ3v) is 4.42. The van der Waals surface area contributed by atoms with E-state index in [1.54, 1.807) is 6.20 Å². The van der Waals surface area contributed by atoms with Crippen LogP contribution >= 0.6 is 23.2 Å². The van der Waals surface area contributed by atoms with Crippen LogP contribution in [-0.4, -0.2) is 29.4 Å². The van der Waals surface area contributed by atoms with Gasteiger partial charge in [-0.15, -0.1) is 23.2 Å². The number of aromatic amines is 1. The summed E-state index contributed by atoms with van der Waals surface area (Å²) in [5.41, 5.74) is 2.21. The van der Waals surface area contributed by atoms with Gasteiger partial charge in [-0.1, -0.05) is 12.1 Å². The lowest BCUT2D eigenvalue weighted by molar-refractivity contribution is 0.423. The number of imidazole rings is 1. The second-order valence-electron chi connectivity index (χ2n) is 5.07. The molecule has 21 heavy (non-hydrogen) atoms. The van der Waals surface area contributed by atoms with E-state index in [4.69, 9.17) is 27.7 Å². The predicted octanol–water partition coefficient (Wildman–Crippen LogP) is 3.23. The number of nitrogens with zero attached hydrogens (tertiary/aromatic N) is 4. The van der Waals surface area contributed by atoms with E-state index in [-0.39, 0.29) is 5.92 Å². The second kappa shape index (κ2) is 4.42. The van der Waals surface area contributed by atoms with Gasteiger partial charge in [-0.3, -0.25) is 0 Å². The average molecular weight is 324 g/mol. The van der Waals surface area contributed by atoms with Crippen molar-refractivity contribution in [1.82, 2.24) is 25.1 Å². The first kappa shape index (κ1) is 13.0. The molecule has 1 aliphatic carbocycles. The maximum absolute atomic E-state index is 6.03. The fourth-order valence-corrected chi connectivity index (χ4v) is 2.79. The average Bonchev–Trinajstić information content (AvgIpc) is 2.91. The number of aromatic nitrogens is 5. The van der Waals surface area contributed by atoms with Crippen LogP contribution in [0.15, 0.2) is 16.8 Å². The molecular weight excluding hydrogens is 313 g/mol. The van der Waals surface area contributed by atoms with Gasteiger partial charge in [0.25, 0.3) is 5.89 Å². The van der Waals surface area contributed by atoms with Crippen molar-refractivity contribution in [3.8, 4) is 11.5 Å². The van der Waals surface area contributed by atoms with Gasteiger partial charge < -0.3 is 9.51 Å². The highest BCUT2D eigenvalue weighted by atomic mass is 35.5. The summed E-state index contributed by atoms with van der Waals surface area (Å²) in [6.07, 6.45) is 3.12. The highest BCUT2D eigenvalue weighted by molar-refractivity contribution is 6.51. The minimum absolute atomic E-state index is 0.0661. The van der Waals surface area contributed by atoms with E-state index in [1.807, 2.05) is 13.0 Å². The second-order valence-corrected chi connectivity index (χ2v) is 6.61. The maximum Gasteiger partial charge on any atom is 0.260 e. The molecule has 6 nitrogen and oxygen atoms in total. The van der Waals surface area contributed by atoms with Crippen molar-refractivity contribution < 1.29 is 4.52 Å². The number of hydrogen-bond donors (Lipinski definition) is 1. The summed E-state index contributed by atoms with van der Waals surface area (Å²) < 4.78 is 4.58. The quantitative estimate of drug-likeness (QED) is 0.748. The molecule has 3 heterocycles. The maximum atomic E-state index is 6.03. The molecular formula is C13H11Cl2N5O. The third kappa shape index (κ3) is 2.10. The Bertz CT molecular complexity index is 825. The Kier molecular flexibility index (Phi) is 2.74. The zero-order valence-corrected chi connectivity index (χ0v) is 12.6. The minimum atomic E-state index is -0.766. The molecule has 1 saturated carbocycles. The molecule has 0 aliphatic heterocycles. The van der Waals surface area contributed by atoms with Crippen molar-refractivity contribution in [2.24, 2.45) is 0 Å². The van der Waals surface area contributed by atoms with Crippen LogP contribution in [0.4, 0.5) is 0 Å². The van der Waals surface area contributed by atoms with E-state index in [2.05, 4.69) is 25.1 Å². The van der Waals surface area contributed by atoms with Crippen LogP contribution in [0.25, 0.3) is 22.6 Å². The molecule has 0 saturated heterocycles. The number of alkyl halides is 2. The topological polar surface area (TPSA) is 80.5 Å². The standard InChI is InChI=1S/C13H11Cl2N5O/c1-2-8-17-9-6(3-4-16-11(9)18-8)12-19-10(20-21-12)7-5-13(7,14)15/h3-4,7H,2,5H2,1H3,(H,16,17,18). The summed E-state index contributed by atoms with van der Waals surface area (Å²) in [5.74, 6) is 1.76. The molecule has 3 aromatic heterocycles. The van der Waals surface area contributed by atoms with Gasteiger partial charge in [0.05, 0.1) is 17.0 Å². The molecule has 0 spiro atoms. The Hall–Kier alpha value is -1.66. The lowest BCUT2D eigenvalue weighted by atomic mass is 10.2. The Morgan fingerprint density at radius 2 is 2.24 bits per heavy atom. The summed E-state index contributed by atoms with van der Waals surface area (Å²) in [5, 5.41) is 3.97. The molecule has 1 atom stereocenters. The van der Waals surface area contributed by atoms with Crippen molar-refractivity contribution >= 4 is 34.4 Å². The summed E-state index contributed by atoms with van der Waals surface area (Å²) in [7, 11) is 0. The molecule has 0 amide bonds. The molecule has 3 aromatic rings. The summed E-state index contributed by atoms with van der Waals surface area (Å²) >= 11 is 12.1. The SMILES string of the molecule is CCc1nc2nccc(-c3nc(C4CC4(Cl)Cl)no3)c2[nH]1. The summed E-state index contributed by atoms with van der Waals surface area (Å²) in [6.45, 7) is 2.02. The Morgan fingerprint density at radius 1 is 1.43 bits per heavy atom. The van der Waals surface area contributed by atoms with E-state index in [9.17, 15) is 0 Å². The first-order valence-electron chi connectivity index (χ1n) is 6.64. The monoisotopic (exact) mass is 323 g/mol. The summed E-state index contributed by atoms with van der Waals surface area (Å²) in [6, 6.07) is 1.82. The first-order valence-corrected chi connectivity index (χ1v) is 7.39. The normalized spacial score (nSPS) is 20.0. The Labute approximate surface area is 129 Å². The van der Waals surface area contributed by atoms with Crippen LogP contribution < -0.4 is 0 Å². The van der Waals surface area contributed by atoms with Gasteiger partial charge >= 0.3 is 0 Å². The van der Waals surface area contributed by atoms with E-state index in [1.165, 1.54) is 0 Å². The van der Waals surface area contributed by atoms with Crippen LogP contribution in [0.2, 0.25) is 0 Å². The van der Waals surface area contributed by atoms with Crippen molar-refractivity contribution in [2.45, 2.75) is 30.0 Å². The van der Waals surface area contributed by atoms with Gasteiger partial charge in [0.15, 0.2) is 11.5 Å². The van der Waals surface area contributed by atoms with Gasteiger partial charge in [0, 0.05) is 12.6 Å². The lowest BCUT2D eigenvalue weighted by Crippen LogP contribution is -1.92. The molecule has 0 aromatic carbocycles. The molecule has 4 rings (SSSR count). The van der Waals surface area contributed by atoms with Crippen molar-refractivity contribution in [2.75, 3.05) is 0 Å². The van der Waals surface area contributed by atoms with Crippen molar-refractivity contribution in [3.05, 3.63) is 23.9 Å². The number of aryl methyl sites for hydroxylation is 1. The molecule has 1 fully saturated rings. The number of nitrogens with one attached hydrogen (secondary N) is 1. The highest BCUT2D eigenvalue weighted by Gasteiger charge is 2.55. The third-order valence-electron chi connectivity index (χ3n) is 3.59. The minimum Gasteiger partial charge on any atom is -0.340 e. The zero-order chi connectivity index (χ0) is 14.6. The van der Waals surface area contributed by atoms with Crippen LogP contribution in [0, 0.1) is 0 Å². The number of pyridine rings is 1. The van der Waals surface area contributed by atoms with E-state index in [0.717, 1.165) is 23.3 Å². The molecule has 108 valence electrons. The predicted molar refractivity (Wildman–Crippen MR) is 78.4 cm³/mol. The number of rotatable bonds is 3. The van der Waals surface area contributed by atoms with E-state index in [0.29, 0.717) is 23.8 Å². The molecule has 8 heteroatoms. The van der Waals surface area contributed by atoms with Crippen molar-refractivity contribution in [1.29, 1.82) is 0 Å². The van der Waals surface area contributed by atoms with Crippen LogP contribution in [-0.2, 0) is 6.42 Å². The van der Waals surface area contributed by atoms with Crippen molar-refractivity contribution in [3.63, 3.8) is 0 Å². The van der Waals surface area contributed by atoms with Gasteiger partial charge in [-0.25, -0.2) is 9.97 Å². The number of H-pyrrole nitrogens is 1. The fourth-order valence-electron chi connectivity index (χ4n) is 2.28. The summed E-state index contributed by atoms with van der Waals surface area (Å²) in [4.78, 5) is 16.3. The fraction of sp³-hybridized carbons (Fsp3) is 0.385. The van der Waals surface area contributed by atoms with Crippen LogP contribution in [0.3, 0.4) is 0 Å². The number of hydrogen-bond acceptors (Lipinski definition) is 5. The zero-order valence-electron chi connectivity index (χ0n) is 11.1. The first-order chi connectivity index (χ1) is 10.1. The Morgan fingerprint density at radius 3 is 2.95 bits per heavy atom. The number of halogens is 2. The molecule has 1 aliphatic rings. The smallest absolute Gasteiger partial charge is 0.260 e. The van der Waals surface area contributed by atoms with Gasteiger partial charge in [0.1, 0.15) is 10.2 Å². The molecule has 1 unspecified atom stereocenters. The van der Waals surface area contributed by atoms with Crippen LogP contribution in [0.5, 0.6) is 0 Å². The Balaban J connectivity index is 1.78. The highest BCUT2D eigenvalue weighted by Crippen LogP contribution is 2.58. The molecule has 0 radical (unpaired) electrons. The van der Waals surface area contributed by atoms with Gasteiger partial charge in [-0.05, 0) is 12.5 Å². The van der Waals surface area contributed by atoms with E-state index < -0.39 is 4.33 Å². The van der Waals surface area contributed by atoms with Gasteiger partial charge in [0.2, 0.25) is 0 Å².